The van der Waals surface area contributed by atoms with Crippen molar-refractivity contribution in [2.75, 3.05) is 10.6 Å². The largest absolute Gasteiger partial charge is 0.346 e. The van der Waals surface area contributed by atoms with Crippen molar-refractivity contribution in [2.45, 2.75) is 46.7 Å². The molecule has 0 aliphatic rings. The zero-order chi connectivity index (χ0) is 24.2. The average molecular weight is 465 g/mol. The number of carbonyl (C=O) groups excluding carboxylic acids is 1. The van der Waals surface area contributed by atoms with Crippen molar-refractivity contribution in [3.8, 4) is 0 Å². The van der Waals surface area contributed by atoms with Crippen molar-refractivity contribution in [3.63, 3.8) is 0 Å². The van der Waals surface area contributed by atoms with E-state index in [-0.39, 0.29) is 18.5 Å². The van der Waals surface area contributed by atoms with E-state index in [1.165, 1.54) is 16.1 Å². The fourth-order valence-electron chi connectivity index (χ4n) is 3.89. The van der Waals surface area contributed by atoms with Gasteiger partial charge >= 0.3 is 0 Å². The summed E-state index contributed by atoms with van der Waals surface area (Å²) >= 11 is 0. The first-order valence-electron chi connectivity index (χ1n) is 11.1. The molecule has 0 fully saturated rings. The average Bonchev–Trinajstić information content (AvgIpc) is 2.78. The van der Waals surface area contributed by atoms with E-state index in [9.17, 15) is 13.2 Å². The quantitative estimate of drug-likeness (QED) is 0.490. The lowest BCUT2D eigenvalue weighted by Crippen LogP contribution is -2.30. The van der Waals surface area contributed by atoms with Gasteiger partial charge in [-0.3, -0.25) is 9.10 Å². The van der Waals surface area contributed by atoms with Gasteiger partial charge in [0.05, 0.1) is 24.5 Å². The van der Waals surface area contributed by atoms with Gasteiger partial charge in [0.15, 0.2) is 0 Å². The number of aryl methyl sites for hydroxylation is 3. The van der Waals surface area contributed by atoms with Gasteiger partial charge < -0.3 is 5.32 Å². The third-order valence-corrected chi connectivity index (χ3v) is 6.98. The molecule has 0 aliphatic carbocycles. The van der Waals surface area contributed by atoms with Crippen LogP contribution in [0.2, 0.25) is 0 Å². The highest BCUT2D eigenvalue weighted by Crippen LogP contribution is 2.28. The van der Waals surface area contributed by atoms with Crippen molar-refractivity contribution in [1.82, 2.24) is 5.32 Å². The molecule has 0 spiro atoms. The molecule has 1 amide bonds. The fourth-order valence-corrected chi connectivity index (χ4v) is 4.90. The second kappa shape index (κ2) is 10.2. The van der Waals surface area contributed by atoms with Crippen LogP contribution in [0.4, 0.5) is 5.69 Å². The van der Waals surface area contributed by atoms with Gasteiger partial charge in [0.25, 0.3) is 5.91 Å². The molecule has 0 saturated heterocycles. The molecule has 33 heavy (non-hydrogen) atoms. The van der Waals surface area contributed by atoms with Gasteiger partial charge in [-0.2, -0.15) is 0 Å². The summed E-state index contributed by atoms with van der Waals surface area (Å²) in [5.74, 6) is -0.164. The van der Waals surface area contributed by atoms with Crippen LogP contribution in [-0.4, -0.2) is 20.6 Å². The minimum atomic E-state index is -3.49. The molecule has 0 aliphatic heterocycles. The Hall–Kier alpha value is -3.12. The molecule has 0 aromatic heterocycles. The van der Waals surface area contributed by atoms with E-state index >= 15 is 0 Å². The van der Waals surface area contributed by atoms with Crippen molar-refractivity contribution >= 4 is 21.6 Å². The number of nitrogens with zero attached hydrogens (tertiary/aromatic N) is 1. The summed E-state index contributed by atoms with van der Waals surface area (Å²) in [5, 5.41) is 3.03. The molecule has 174 valence electrons. The molecule has 0 heterocycles. The smallest absolute Gasteiger partial charge is 0.251 e. The van der Waals surface area contributed by atoms with Crippen molar-refractivity contribution < 1.29 is 13.2 Å². The maximum Gasteiger partial charge on any atom is 0.251 e. The van der Waals surface area contributed by atoms with Gasteiger partial charge in [0, 0.05) is 5.56 Å². The molecule has 0 bridgehead atoms. The number of hydrogen-bond acceptors (Lipinski definition) is 3. The predicted octanol–water partition coefficient (Wildman–Crippen LogP) is 5.32. The minimum Gasteiger partial charge on any atom is -0.346 e. The third-order valence-electron chi connectivity index (χ3n) is 5.87. The number of anilines is 1. The topological polar surface area (TPSA) is 66.5 Å². The lowest BCUT2D eigenvalue weighted by molar-refractivity contribution is 0.0940. The number of nitrogens with one attached hydrogen (secondary N) is 1. The molecule has 0 unspecified atom stereocenters. The van der Waals surface area contributed by atoms with Gasteiger partial charge in [-0.25, -0.2) is 8.42 Å². The number of hydrogen-bond donors (Lipinski definition) is 1. The van der Waals surface area contributed by atoms with Crippen LogP contribution in [0, 0.1) is 13.8 Å². The Balaban J connectivity index is 1.75. The van der Waals surface area contributed by atoms with Crippen LogP contribution in [0.5, 0.6) is 0 Å². The first-order valence-corrected chi connectivity index (χ1v) is 13.0. The summed E-state index contributed by atoms with van der Waals surface area (Å²) in [6.07, 6.45) is 2.20. The zero-order valence-electron chi connectivity index (χ0n) is 19.9. The van der Waals surface area contributed by atoms with E-state index in [4.69, 9.17) is 0 Å². The number of para-hydroxylation sites is 1. The van der Waals surface area contributed by atoms with Crippen LogP contribution in [0.1, 0.15) is 58.1 Å². The van der Waals surface area contributed by atoms with Crippen molar-refractivity contribution in [1.29, 1.82) is 0 Å². The van der Waals surface area contributed by atoms with E-state index in [0.717, 1.165) is 28.7 Å². The molecular formula is C27H32N2O3S. The van der Waals surface area contributed by atoms with Crippen LogP contribution >= 0.6 is 0 Å². The minimum absolute atomic E-state index is 0.118. The first-order chi connectivity index (χ1) is 15.6. The van der Waals surface area contributed by atoms with E-state index in [1.807, 2.05) is 51.1 Å². The molecular weight excluding hydrogens is 432 g/mol. The monoisotopic (exact) mass is 464 g/mol. The molecule has 3 aromatic rings. The molecule has 6 heteroatoms. The normalized spacial score (nSPS) is 12.3. The van der Waals surface area contributed by atoms with Gasteiger partial charge in [-0.15, -0.1) is 0 Å². The van der Waals surface area contributed by atoms with E-state index in [0.29, 0.717) is 11.3 Å². The lowest BCUT2D eigenvalue weighted by Gasteiger charge is -2.26. The summed E-state index contributed by atoms with van der Waals surface area (Å²) in [5.41, 5.74) is 6.16. The Morgan fingerprint density at radius 1 is 0.909 bits per heavy atom. The molecule has 1 atom stereocenters. The molecule has 5 nitrogen and oxygen atoms in total. The number of sulfonamides is 1. The SMILES string of the molecule is CCc1ccc([C@@H](C)NC(=O)c2ccc(CN(c3c(C)cccc3C)S(C)(=O)=O)cc2)cc1. The summed E-state index contributed by atoms with van der Waals surface area (Å²) in [7, 11) is -3.49. The number of rotatable bonds is 8. The van der Waals surface area contributed by atoms with Gasteiger partial charge in [0.1, 0.15) is 0 Å². The standard InChI is InChI=1S/C27H32N2O3S/c1-6-22-10-14-24(15-11-22)21(4)28-27(30)25-16-12-23(13-17-25)18-29(33(5,31)32)26-19(2)8-7-9-20(26)3/h7-17,21H,6,18H2,1-5H3,(H,28,30)/t21-/m1/s1. The molecule has 3 rings (SSSR count). The van der Waals surface area contributed by atoms with Crippen LogP contribution in [0.15, 0.2) is 66.7 Å². The highest BCUT2D eigenvalue weighted by molar-refractivity contribution is 7.92. The van der Waals surface area contributed by atoms with E-state index in [1.54, 1.807) is 24.3 Å². The highest BCUT2D eigenvalue weighted by atomic mass is 32.2. The summed E-state index contributed by atoms with van der Waals surface area (Å²) in [4.78, 5) is 12.7. The zero-order valence-corrected chi connectivity index (χ0v) is 20.7. The van der Waals surface area contributed by atoms with Gasteiger partial charge in [-0.1, -0.05) is 61.5 Å². The summed E-state index contributed by atoms with van der Waals surface area (Å²) < 4.78 is 26.6. The maximum absolute atomic E-state index is 12.7. The molecule has 3 aromatic carbocycles. The van der Waals surface area contributed by atoms with Gasteiger partial charge in [-0.05, 0) is 67.1 Å². The predicted molar refractivity (Wildman–Crippen MR) is 135 cm³/mol. The Labute approximate surface area is 197 Å². The summed E-state index contributed by atoms with van der Waals surface area (Å²) in [6.45, 7) is 8.09. The Bertz CT molecular complexity index is 1200. The number of benzene rings is 3. The second-order valence-corrected chi connectivity index (χ2v) is 10.4. The first kappa shape index (κ1) is 24.5. The van der Waals surface area contributed by atoms with Crippen LogP contribution in [0.25, 0.3) is 0 Å². The van der Waals surface area contributed by atoms with Gasteiger partial charge in [0.2, 0.25) is 10.0 Å². The Kier molecular flexibility index (Phi) is 7.59. The van der Waals surface area contributed by atoms with E-state index < -0.39 is 10.0 Å². The number of amides is 1. The van der Waals surface area contributed by atoms with E-state index in [2.05, 4.69) is 24.4 Å². The molecule has 0 saturated carbocycles. The summed E-state index contributed by atoms with van der Waals surface area (Å²) in [6, 6.07) is 21.0. The number of carbonyl (C=O) groups is 1. The Morgan fingerprint density at radius 3 is 1.97 bits per heavy atom. The fraction of sp³-hybridized carbons (Fsp3) is 0.296. The second-order valence-electron chi connectivity index (χ2n) is 8.50. The van der Waals surface area contributed by atoms with Crippen LogP contribution in [-0.2, 0) is 23.0 Å². The maximum atomic E-state index is 12.7. The highest BCUT2D eigenvalue weighted by Gasteiger charge is 2.21. The van der Waals surface area contributed by atoms with Crippen LogP contribution < -0.4 is 9.62 Å². The third kappa shape index (κ3) is 6.02. The molecule has 1 N–H and O–H groups in total. The Morgan fingerprint density at radius 2 is 1.45 bits per heavy atom. The van der Waals surface area contributed by atoms with Crippen molar-refractivity contribution in [3.05, 3.63) is 100 Å². The molecule has 0 radical (unpaired) electrons. The lowest BCUT2D eigenvalue weighted by atomic mass is 10.0. The van der Waals surface area contributed by atoms with Crippen molar-refractivity contribution in [2.24, 2.45) is 0 Å². The van der Waals surface area contributed by atoms with Crippen LogP contribution in [0.3, 0.4) is 0 Å².